The molecule has 0 saturated carbocycles. The van der Waals surface area contributed by atoms with E-state index in [0.29, 0.717) is 18.2 Å². The van der Waals surface area contributed by atoms with E-state index in [1.807, 2.05) is 48.4 Å². The van der Waals surface area contributed by atoms with Crippen LogP contribution in [0.15, 0.2) is 36.5 Å². The standard InChI is InChI=1S/C23H27F2N5O/c1-13-7-18-16(5-6-20-19(18)11-27-29-20)23(30(13)12-22(24)25)17-4-3-14(8-21(17)31-2)28-15-9-26-10-15/h3-6,8,11,13,15,22-23,26,28H,7,9-10,12H2,1-2H3,(H,27,29)/t13-,23+/m1/s1. The Kier molecular flexibility index (Phi) is 5.27. The Labute approximate surface area is 180 Å². The van der Waals surface area contributed by atoms with Gasteiger partial charge < -0.3 is 15.4 Å². The highest BCUT2D eigenvalue weighted by Crippen LogP contribution is 2.44. The van der Waals surface area contributed by atoms with Gasteiger partial charge in [0.25, 0.3) is 6.43 Å². The number of H-pyrrole nitrogens is 1. The lowest BCUT2D eigenvalue weighted by Gasteiger charge is -2.42. The molecular formula is C23H27F2N5O. The first-order valence-electron chi connectivity index (χ1n) is 10.7. The number of anilines is 1. The minimum Gasteiger partial charge on any atom is -0.496 e. The molecule has 1 aromatic heterocycles. The lowest BCUT2D eigenvalue weighted by Crippen LogP contribution is -2.51. The summed E-state index contributed by atoms with van der Waals surface area (Å²) in [5.41, 5.74) is 5.04. The molecular weight excluding hydrogens is 400 g/mol. The Morgan fingerprint density at radius 2 is 2.03 bits per heavy atom. The van der Waals surface area contributed by atoms with Crippen LogP contribution in [0.25, 0.3) is 10.9 Å². The molecule has 0 bridgehead atoms. The van der Waals surface area contributed by atoms with Crippen molar-refractivity contribution in [3.8, 4) is 5.75 Å². The van der Waals surface area contributed by atoms with E-state index in [4.69, 9.17) is 4.74 Å². The second kappa shape index (κ2) is 8.09. The molecule has 0 radical (unpaired) electrons. The monoisotopic (exact) mass is 427 g/mol. The van der Waals surface area contributed by atoms with E-state index in [-0.39, 0.29) is 18.6 Å². The van der Waals surface area contributed by atoms with E-state index >= 15 is 0 Å². The van der Waals surface area contributed by atoms with Gasteiger partial charge in [-0.25, -0.2) is 8.78 Å². The average Bonchev–Trinajstić information content (AvgIpc) is 3.20. The molecule has 6 nitrogen and oxygen atoms in total. The second-order valence-electron chi connectivity index (χ2n) is 8.46. The van der Waals surface area contributed by atoms with Gasteiger partial charge >= 0.3 is 0 Å². The molecule has 1 saturated heterocycles. The highest BCUT2D eigenvalue weighted by molar-refractivity contribution is 5.83. The van der Waals surface area contributed by atoms with Crippen molar-refractivity contribution in [3.05, 3.63) is 53.2 Å². The number of fused-ring (bicyclic) bond motifs is 3. The van der Waals surface area contributed by atoms with Gasteiger partial charge in [0.1, 0.15) is 5.75 Å². The Hall–Kier alpha value is -2.71. The number of hydrogen-bond donors (Lipinski definition) is 3. The summed E-state index contributed by atoms with van der Waals surface area (Å²) in [6.07, 6.45) is 0.117. The summed E-state index contributed by atoms with van der Waals surface area (Å²) in [5, 5.41) is 15.0. The molecule has 5 rings (SSSR count). The van der Waals surface area contributed by atoms with Crippen LogP contribution in [0.5, 0.6) is 5.75 Å². The Morgan fingerprint density at radius 1 is 1.23 bits per heavy atom. The number of alkyl halides is 2. The van der Waals surface area contributed by atoms with E-state index < -0.39 is 6.43 Å². The van der Waals surface area contributed by atoms with Crippen LogP contribution < -0.4 is 15.4 Å². The quantitative estimate of drug-likeness (QED) is 0.562. The molecule has 2 aromatic carbocycles. The lowest BCUT2D eigenvalue weighted by atomic mass is 9.83. The van der Waals surface area contributed by atoms with Crippen LogP contribution in [-0.2, 0) is 6.42 Å². The summed E-state index contributed by atoms with van der Waals surface area (Å²) in [6.45, 7) is 3.59. The van der Waals surface area contributed by atoms with Gasteiger partial charge in [0.2, 0.25) is 0 Å². The maximum atomic E-state index is 13.6. The number of hydrogen-bond acceptors (Lipinski definition) is 5. The van der Waals surface area contributed by atoms with E-state index in [2.05, 4.69) is 20.8 Å². The molecule has 0 unspecified atom stereocenters. The van der Waals surface area contributed by atoms with Crippen LogP contribution >= 0.6 is 0 Å². The van der Waals surface area contributed by atoms with Crippen molar-refractivity contribution < 1.29 is 13.5 Å². The summed E-state index contributed by atoms with van der Waals surface area (Å²) in [5.74, 6) is 0.703. The fourth-order valence-corrected chi connectivity index (χ4v) is 4.87. The number of ether oxygens (including phenoxy) is 1. The molecule has 0 amide bonds. The highest BCUT2D eigenvalue weighted by atomic mass is 19.3. The van der Waals surface area contributed by atoms with Gasteiger partial charge in [0, 0.05) is 41.8 Å². The van der Waals surface area contributed by atoms with Crippen LogP contribution in [0.3, 0.4) is 0 Å². The van der Waals surface area contributed by atoms with Crippen molar-refractivity contribution in [1.82, 2.24) is 20.4 Å². The molecule has 3 N–H and O–H groups in total. The first kappa shape index (κ1) is 20.2. The van der Waals surface area contributed by atoms with E-state index in [1.165, 1.54) is 5.56 Å². The van der Waals surface area contributed by atoms with Crippen molar-refractivity contribution in [2.45, 2.75) is 37.9 Å². The predicted molar refractivity (Wildman–Crippen MR) is 117 cm³/mol. The van der Waals surface area contributed by atoms with Crippen LogP contribution in [0.1, 0.15) is 29.7 Å². The van der Waals surface area contributed by atoms with Gasteiger partial charge in [-0.3, -0.25) is 10.00 Å². The fraction of sp³-hybridized carbons (Fsp3) is 0.435. The summed E-state index contributed by atoms with van der Waals surface area (Å²) in [4.78, 5) is 1.90. The van der Waals surface area contributed by atoms with Crippen molar-refractivity contribution in [1.29, 1.82) is 0 Å². The number of nitrogens with one attached hydrogen (secondary N) is 3. The van der Waals surface area contributed by atoms with Crippen LogP contribution in [-0.4, -0.2) is 60.4 Å². The number of rotatable bonds is 6. The molecule has 3 heterocycles. The number of aromatic nitrogens is 2. The third-order valence-corrected chi connectivity index (χ3v) is 6.49. The lowest BCUT2D eigenvalue weighted by molar-refractivity contribution is 0.0460. The first-order valence-corrected chi connectivity index (χ1v) is 10.7. The van der Waals surface area contributed by atoms with Gasteiger partial charge in [-0.05, 0) is 36.6 Å². The largest absolute Gasteiger partial charge is 0.496 e. The maximum Gasteiger partial charge on any atom is 0.251 e. The highest BCUT2D eigenvalue weighted by Gasteiger charge is 2.37. The Morgan fingerprint density at radius 3 is 2.74 bits per heavy atom. The van der Waals surface area contributed by atoms with Crippen molar-refractivity contribution in [2.75, 3.05) is 32.1 Å². The molecule has 2 aliphatic rings. The number of benzene rings is 2. The van der Waals surface area contributed by atoms with Crippen molar-refractivity contribution >= 4 is 16.6 Å². The molecule has 164 valence electrons. The van der Waals surface area contributed by atoms with Crippen LogP contribution in [0.4, 0.5) is 14.5 Å². The second-order valence-corrected chi connectivity index (χ2v) is 8.46. The fourth-order valence-electron chi connectivity index (χ4n) is 4.87. The number of nitrogens with zero attached hydrogens (tertiary/aromatic N) is 2. The van der Waals surface area contributed by atoms with Crippen molar-refractivity contribution in [3.63, 3.8) is 0 Å². The molecule has 1 fully saturated rings. The van der Waals surface area contributed by atoms with Crippen LogP contribution in [0.2, 0.25) is 0 Å². The summed E-state index contributed by atoms with van der Waals surface area (Å²) in [6, 6.07) is 10.1. The molecule has 0 aliphatic carbocycles. The maximum absolute atomic E-state index is 13.6. The molecule has 2 atom stereocenters. The van der Waals surface area contributed by atoms with Gasteiger partial charge in [-0.15, -0.1) is 0 Å². The third-order valence-electron chi connectivity index (χ3n) is 6.49. The Balaban J connectivity index is 1.61. The predicted octanol–water partition coefficient (Wildman–Crippen LogP) is 3.56. The van der Waals surface area contributed by atoms with Crippen molar-refractivity contribution in [2.24, 2.45) is 0 Å². The van der Waals surface area contributed by atoms with E-state index in [9.17, 15) is 8.78 Å². The SMILES string of the molecule is COc1cc(NC2CNC2)ccc1[C@@H]1c2ccc3[nH]ncc3c2C[C@@H](C)N1CC(F)F. The zero-order valence-electron chi connectivity index (χ0n) is 17.7. The minimum absolute atomic E-state index is 0.0458. The minimum atomic E-state index is -2.41. The molecule has 8 heteroatoms. The summed E-state index contributed by atoms with van der Waals surface area (Å²) in [7, 11) is 1.64. The van der Waals surface area contributed by atoms with Gasteiger partial charge in [0.05, 0.1) is 37.5 Å². The normalized spacial score (nSPS) is 21.8. The summed E-state index contributed by atoms with van der Waals surface area (Å²) >= 11 is 0. The van der Waals surface area contributed by atoms with Gasteiger partial charge in [0.15, 0.2) is 0 Å². The third kappa shape index (κ3) is 3.64. The van der Waals surface area contributed by atoms with E-state index in [1.54, 1.807) is 7.11 Å². The Bertz CT molecular complexity index is 1080. The van der Waals surface area contributed by atoms with E-state index in [0.717, 1.165) is 40.8 Å². The molecule has 0 spiro atoms. The average molecular weight is 427 g/mol. The van der Waals surface area contributed by atoms with Gasteiger partial charge in [-0.2, -0.15) is 5.10 Å². The zero-order valence-corrected chi connectivity index (χ0v) is 17.7. The smallest absolute Gasteiger partial charge is 0.251 e. The zero-order chi connectivity index (χ0) is 21.5. The van der Waals surface area contributed by atoms with Gasteiger partial charge in [-0.1, -0.05) is 12.1 Å². The number of methoxy groups -OCH3 is 1. The molecule has 31 heavy (non-hydrogen) atoms. The number of aromatic amines is 1. The summed E-state index contributed by atoms with van der Waals surface area (Å²) < 4.78 is 32.9. The van der Waals surface area contributed by atoms with Crippen LogP contribution in [0, 0.1) is 0 Å². The first-order chi connectivity index (χ1) is 15.0. The topological polar surface area (TPSA) is 65.2 Å². The number of halogens is 2. The molecule has 2 aliphatic heterocycles. The molecule has 3 aromatic rings.